The van der Waals surface area contributed by atoms with Gasteiger partial charge in [0.2, 0.25) is 0 Å². The third-order valence-electron chi connectivity index (χ3n) is 3.98. The van der Waals surface area contributed by atoms with Crippen LogP contribution in [0.3, 0.4) is 0 Å². The van der Waals surface area contributed by atoms with Crippen LogP contribution in [0.15, 0.2) is 24.4 Å². The molecule has 2 N–H and O–H groups in total. The summed E-state index contributed by atoms with van der Waals surface area (Å²) in [4.78, 5) is 12.1. The first-order valence-electron chi connectivity index (χ1n) is 8.27. The van der Waals surface area contributed by atoms with Gasteiger partial charge in [-0.05, 0) is 31.6 Å². The van der Waals surface area contributed by atoms with Crippen LogP contribution in [0.5, 0.6) is 0 Å². The van der Waals surface area contributed by atoms with Gasteiger partial charge in [0, 0.05) is 12.6 Å². The van der Waals surface area contributed by atoms with E-state index in [-0.39, 0.29) is 6.03 Å². The Hall–Kier alpha value is -2.22. The van der Waals surface area contributed by atoms with E-state index in [4.69, 9.17) is 0 Å². The molecule has 2 amide bonds. The summed E-state index contributed by atoms with van der Waals surface area (Å²) in [5.41, 5.74) is 0. The first-order chi connectivity index (χ1) is 11.7. The Kier molecular flexibility index (Phi) is 5.58. The van der Waals surface area contributed by atoms with Crippen LogP contribution in [0.2, 0.25) is 0 Å². The molecule has 2 aromatic heterocycles. The van der Waals surface area contributed by atoms with Crippen LogP contribution < -0.4 is 10.6 Å². The lowest BCUT2D eigenvalue weighted by Gasteiger charge is -2.19. The zero-order valence-electron chi connectivity index (χ0n) is 13.7. The maximum atomic E-state index is 12.1. The number of rotatable bonds is 6. The molecule has 2 aromatic rings. The minimum Gasteiger partial charge on any atom is -0.331 e. The van der Waals surface area contributed by atoms with Crippen molar-refractivity contribution in [2.24, 2.45) is 5.92 Å². The average molecular weight is 346 g/mol. The summed E-state index contributed by atoms with van der Waals surface area (Å²) in [5, 5.41) is 19.9. The van der Waals surface area contributed by atoms with Gasteiger partial charge < -0.3 is 5.32 Å². The Morgan fingerprint density at radius 3 is 3.00 bits per heavy atom. The van der Waals surface area contributed by atoms with Gasteiger partial charge in [-0.15, -0.1) is 10.2 Å². The molecule has 24 heavy (non-hydrogen) atoms. The van der Waals surface area contributed by atoms with Crippen LogP contribution in [0.1, 0.15) is 36.2 Å². The number of hydrogen-bond donors (Lipinski definition) is 2. The Morgan fingerprint density at radius 2 is 2.25 bits per heavy atom. The highest BCUT2D eigenvalue weighted by molar-refractivity contribution is 7.11. The van der Waals surface area contributed by atoms with Crippen molar-refractivity contribution in [1.29, 1.82) is 0 Å². The molecule has 1 atom stereocenters. The molecule has 0 saturated heterocycles. The van der Waals surface area contributed by atoms with Gasteiger partial charge in [0.1, 0.15) is 15.8 Å². The molecule has 2 heterocycles. The van der Waals surface area contributed by atoms with Crippen LogP contribution in [-0.2, 0) is 19.5 Å². The molecule has 0 fully saturated rings. The lowest BCUT2D eigenvalue weighted by Crippen LogP contribution is -2.29. The normalized spacial score (nSPS) is 17.0. The summed E-state index contributed by atoms with van der Waals surface area (Å²) in [5.74, 6) is 1.29. The highest BCUT2D eigenvalue weighted by atomic mass is 32.1. The van der Waals surface area contributed by atoms with E-state index in [1.54, 1.807) is 6.20 Å². The van der Waals surface area contributed by atoms with Gasteiger partial charge in [-0.1, -0.05) is 30.4 Å². The highest BCUT2D eigenvalue weighted by Crippen LogP contribution is 2.21. The number of hydrogen-bond acceptors (Lipinski definition) is 5. The SMILES string of the molecule is CCc1nnc(CNC(=O)Nc2ccnn2C[C@H]2CC=CCC2)s1. The number of carbonyl (C=O) groups is 1. The van der Waals surface area contributed by atoms with E-state index in [0.717, 1.165) is 35.8 Å². The largest absolute Gasteiger partial charge is 0.331 e. The number of carbonyl (C=O) groups excluding carboxylic acids is 1. The number of amides is 2. The fourth-order valence-electron chi connectivity index (χ4n) is 2.67. The smallest absolute Gasteiger partial charge is 0.320 e. The molecule has 1 aliphatic rings. The van der Waals surface area contributed by atoms with Crippen molar-refractivity contribution >= 4 is 23.2 Å². The van der Waals surface area contributed by atoms with E-state index in [2.05, 4.69) is 38.1 Å². The summed E-state index contributed by atoms with van der Waals surface area (Å²) in [6.45, 7) is 3.24. The number of nitrogens with one attached hydrogen (secondary N) is 2. The molecule has 0 radical (unpaired) electrons. The van der Waals surface area contributed by atoms with Gasteiger partial charge in [0.25, 0.3) is 0 Å². The molecule has 0 aromatic carbocycles. The molecule has 0 unspecified atom stereocenters. The van der Waals surface area contributed by atoms with Crippen LogP contribution in [0.25, 0.3) is 0 Å². The summed E-state index contributed by atoms with van der Waals surface area (Å²) in [6.07, 6.45) is 10.4. The summed E-state index contributed by atoms with van der Waals surface area (Å²) in [6, 6.07) is 1.56. The van der Waals surface area contributed by atoms with Crippen molar-refractivity contribution in [3.8, 4) is 0 Å². The molecule has 0 saturated carbocycles. The lowest BCUT2D eigenvalue weighted by molar-refractivity contribution is 0.251. The van der Waals surface area contributed by atoms with E-state index < -0.39 is 0 Å². The predicted molar refractivity (Wildman–Crippen MR) is 93.9 cm³/mol. The van der Waals surface area contributed by atoms with Crippen molar-refractivity contribution in [1.82, 2.24) is 25.3 Å². The van der Waals surface area contributed by atoms with Gasteiger partial charge in [-0.2, -0.15) is 5.10 Å². The fraction of sp³-hybridized carbons (Fsp3) is 0.500. The van der Waals surface area contributed by atoms with Crippen molar-refractivity contribution in [3.05, 3.63) is 34.4 Å². The standard InChI is InChI=1S/C16H22N6OS/c1-2-14-20-21-15(24-14)10-17-16(23)19-13-8-9-18-22(13)11-12-6-4-3-5-7-12/h3-4,8-9,12H,2,5-7,10-11H2,1H3,(H2,17,19,23)/t12-/m0/s1. The Morgan fingerprint density at radius 1 is 1.38 bits per heavy atom. The second-order valence-electron chi connectivity index (χ2n) is 5.80. The van der Waals surface area contributed by atoms with Crippen molar-refractivity contribution in [3.63, 3.8) is 0 Å². The Labute approximate surface area is 145 Å². The number of anilines is 1. The maximum absolute atomic E-state index is 12.1. The van der Waals surface area contributed by atoms with E-state index in [1.807, 2.05) is 17.7 Å². The van der Waals surface area contributed by atoms with Gasteiger partial charge in [0.05, 0.1) is 12.7 Å². The minimum absolute atomic E-state index is 0.256. The van der Waals surface area contributed by atoms with E-state index >= 15 is 0 Å². The van der Waals surface area contributed by atoms with E-state index in [0.29, 0.717) is 18.3 Å². The highest BCUT2D eigenvalue weighted by Gasteiger charge is 2.14. The predicted octanol–water partition coefficient (Wildman–Crippen LogP) is 2.98. The third kappa shape index (κ3) is 4.41. The van der Waals surface area contributed by atoms with Crippen LogP contribution >= 0.6 is 11.3 Å². The molecule has 128 valence electrons. The summed E-state index contributed by atoms with van der Waals surface area (Å²) < 4.78 is 1.86. The molecule has 1 aliphatic carbocycles. The summed E-state index contributed by atoms with van der Waals surface area (Å²) >= 11 is 1.52. The number of aryl methyl sites for hydroxylation is 1. The third-order valence-corrected chi connectivity index (χ3v) is 5.05. The second kappa shape index (κ2) is 8.05. The topological polar surface area (TPSA) is 84.7 Å². The minimum atomic E-state index is -0.256. The Balaban J connectivity index is 1.51. The average Bonchev–Trinajstić information content (AvgIpc) is 3.23. The van der Waals surface area contributed by atoms with Crippen LogP contribution in [0.4, 0.5) is 10.6 Å². The van der Waals surface area contributed by atoms with Gasteiger partial charge >= 0.3 is 6.03 Å². The second-order valence-corrected chi connectivity index (χ2v) is 6.95. The monoisotopic (exact) mass is 346 g/mol. The van der Waals surface area contributed by atoms with Crippen molar-refractivity contribution in [2.45, 2.75) is 45.7 Å². The van der Waals surface area contributed by atoms with E-state index in [1.165, 1.54) is 17.8 Å². The maximum Gasteiger partial charge on any atom is 0.320 e. The number of nitrogens with zero attached hydrogens (tertiary/aromatic N) is 4. The number of urea groups is 1. The van der Waals surface area contributed by atoms with Gasteiger partial charge in [-0.25, -0.2) is 9.48 Å². The van der Waals surface area contributed by atoms with Gasteiger partial charge in [0.15, 0.2) is 0 Å². The van der Waals surface area contributed by atoms with Gasteiger partial charge in [-0.3, -0.25) is 5.32 Å². The molecular formula is C16H22N6OS. The molecule has 7 nitrogen and oxygen atoms in total. The zero-order chi connectivity index (χ0) is 16.8. The Bertz CT molecular complexity index is 707. The first-order valence-corrected chi connectivity index (χ1v) is 9.09. The molecular weight excluding hydrogens is 324 g/mol. The fourth-order valence-corrected chi connectivity index (χ4v) is 3.39. The van der Waals surface area contributed by atoms with Crippen LogP contribution in [-0.4, -0.2) is 26.0 Å². The molecule has 0 bridgehead atoms. The van der Waals surface area contributed by atoms with Crippen molar-refractivity contribution in [2.75, 3.05) is 5.32 Å². The lowest BCUT2D eigenvalue weighted by atomic mass is 9.94. The molecule has 3 rings (SSSR count). The number of allylic oxidation sites excluding steroid dienone is 2. The van der Waals surface area contributed by atoms with Crippen molar-refractivity contribution < 1.29 is 4.79 Å². The number of aromatic nitrogens is 4. The first kappa shape index (κ1) is 16.6. The zero-order valence-corrected chi connectivity index (χ0v) is 14.6. The van der Waals surface area contributed by atoms with E-state index in [9.17, 15) is 4.79 Å². The summed E-state index contributed by atoms with van der Waals surface area (Å²) in [7, 11) is 0. The van der Waals surface area contributed by atoms with Crippen LogP contribution in [0, 0.1) is 5.92 Å². The molecule has 0 spiro atoms. The molecule has 0 aliphatic heterocycles. The molecule has 8 heteroatoms. The quantitative estimate of drug-likeness (QED) is 0.788.